The van der Waals surface area contributed by atoms with E-state index < -0.39 is 131 Å². The molecule has 0 aliphatic heterocycles. The summed E-state index contributed by atoms with van der Waals surface area (Å²) in [6, 6.07) is 12.0. The largest absolute Gasteiger partial charge is 0.254 e. The smallest absolute Gasteiger partial charge is 0.207 e. The Morgan fingerprint density at radius 3 is 0.898 bits per heavy atom. The molecule has 1 radical (unpaired) electrons. The molecule has 0 nitrogen and oxygen atoms in total. The molecule has 0 aromatic heterocycles. The highest BCUT2D eigenvalue weighted by Gasteiger charge is 2.59. The number of halogens is 15. The monoisotopic (exact) mass is 741 g/mol. The zero-order chi connectivity index (χ0) is 36.3. The Bertz CT molecular complexity index is 1860. The van der Waals surface area contributed by atoms with Gasteiger partial charge < -0.3 is 0 Å². The molecule has 0 amide bonds. The van der Waals surface area contributed by atoms with Crippen LogP contribution in [0.3, 0.4) is 0 Å². The zero-order valence-corrected chi connectivity index (χ0v) is 26.0. The van der Waals surface area contributed by atoms with Gasteiger partial charge in [0, 0.05) is 5.30 Å². The third-order valence-electron chi connectivity index (χ3n) is 8.16. The lowest BCUT2D eigenvalue weighted by Gasteiger charge is -2.45. The lowest BCUT2D eigenvalue weighted by Crippen LogP contribution is -2.74. The molecule has 5 aromatic rings. The van der Waals surface area contributed by atoms with Gasteiger partial charge in [0.25, 0.3) is 14.3 Å². The lowest BCUT2D eigenvalue weighted by molar-refractivity contribution is 0.380. The van der Waals surface area contributed by atoms with Gasteiger partial charge in [-0.25, -0.2) is 65.9 Å². The molecule has 0 spiro atoms. The molecule has 255 valence electrons. The standard InChI is InChI=1S/C31H14BF15PSi/c1-49(13-10-6-3-7-11-13)48(12-8-4-2-5-9-12)32(14-17(33)23(39)29(45)24(40)18(14)34,15-19(35)25(41)30(46)26(42)20(15)36)16-21(37)27(43)31(47)28(44)22(16)38/h2-11,48H,1H3. The van der Waals surface area contributed by atoms with Gasteiger partial charge in [0.1, 0.15) is 34.9 Å². The predicted octanol–water partition coefficient (Wildman–Crippen LogP) is 6.81. The van der Waals surface area contributed by atoms with E-state index in [-0.39, 0.29) is 5.19 Å². The predicted molar refractivity (Wildman–Crippen MR) is 155 cm³/mol. The molecule has 49 heavy (non-hydrogen) atoms. The molecule has 5 aromatic carbocycles. The number of rotatable bonds is 7. The molecule has 5 rings (SSSR count). The molecule has 1 atom stereocenters. The van der Waals surface area contributed by atoms with Crippen LogP contribution >= 0.6 is 7.35 Å². The van der Waals surface area contributed by atoms with Gasteiger partial charge in [-0.3, -0.25) is 0 Å². The van der Waals surface area contributed by atoms with Gasteiger partial charge >= 0.3 is 0 Å². The molecular weight excluding hydrogens is 727 g/mol. The van der Waals surface area contributed by atoms with Gasteiger partial charge in [-0.1, -0.05) is 64.9 Å². The summed E-state index contributed by atoms with van der Waals surface area (Å²) < 4.78 is 231. The van der Waals surface area contributed by atoms with Gasteiger partial charge in [-0.05, 0) is 23.9 Å². The SMILES string of the molecule is C[Si](c1ccccc1)[PH+](c1ccccc1)[B-](c1c(F)c(F)c(F)c(F)c1F)(c1c(F)c(F)c(F)c(F)c1F)c1c(F)c(F)c(F)c(F)c1F. The van der Waals surface area contributed by atoms with Crippen molar-refractivity contribution in [3.8, 4) is 0 Å². The fourth-order valence-electron chi connectivity index (χ4n) is 6.12. The van der Waals surface area contributed by atoms with Crippen LogP contribution in [0.4, 0.5) is 65.9 Å². The summed E-state index contributed by atoms with van der Waals surface area (Å²) in [7, 11) is -7.37. The van der Waals surface area contributed by atoms with Crippen LogP contribution < -0.4 is 26.9 Å². The van der Waals surface area contributed by atoms with E-state index in [1.54, 1.807) is 0 Å². The van der Waals surface area contributed by atoms with Crippen LogP contribution in [-0.4, -0.2) is 14.3 Å². The molecule has 0 saturated carbocycles. The highest BCUT2D eigenvalue weighted by atomic mass is 31.4. The Hall–Kier alpha value is -4.24. The number of benzene rings is 5. The van der Waals surface area contributed by atoms with Crippen LogP contribution in [0.5, 0.6) is 0 Å². The van der Waals surface area contributed by atoms with E-state index in [0.29, 0.717) is 0 Å². The molecule has 0 fully saturated rings. The first kappa shape index (κ1) is 36.1. The molecule has 1 unspecified atom stereocenters. The van der Waals surface area contributed by atoms with E-state index >= 15 is 52.7 Å². The molecule has 0 N–H and O–H groups in total. The van der Waals surface area contributed by atoms with Gasteiger partial charge in [-0.15, -0.1) is 7.35 Å². The summed E-state index contributed by atoms with van der Waals surface area (Å²) in [5.41, 5.74) is -7.71. The second-order valence-corrected chi connectivity index (χ2v) is 18.6. The molecule has 0 bridgehead atoms. The molecular formula is C31H14BF15PSi. The van der Waals surface area contributed by atoms with Gasteiger partial charge in [0.2, 0.25) is 0 Å². The Kier molecular flexibility index (Phi) is 9.74. The normalized spacial score (nSPS) is 12.6. The fourth-order valence-corrected chi connectivity index (χ4v) is 17.4. The average molecular weight is 741 g/mol. The van der Waals surface area contributed by atoms with Crippen molar-refractivity contribution in [3.63, 3.8) is 0 Å². The molecule has 0 aliphatic rings. The summed E-state index contributed by atoms with van der Waals surface area (Å²) in [5, 5.41) is -0.433. The van der Waals surface area contributed by atoms with Gasteiger partial charge in [0.15, 0.2) is 52.4 Å². The van der Waals surface area contributed by atoms with E-state index in [9.17, 15) is 13.2 Å². The highest BCUT2D eigenvalue weighted by molar-refractivity contribution is 8.25. The van der Waals surface area contributed by atoms with Crippen LogP contribution in [0.25, 0.3) is 0 Å². The first-order valence-corrected chi connectivity index (χ1v) is 18.1. The maximum Gasteiger partial charge on any atom is 0.254 e. The van der Waals surface area contributed by atoms with Crippen LogP contribution in [0.15, 0.2) is 60.7 Å². The van der Waals surface area contributed by atoms with Crippen LogP contribution in [0, 0.1) is 87.3 Å². The Morgan fingerprint density at radius 2 is 0.612 bits per heavy atom. The van der Waals surface area contributed by atoms with E-state index in [0.717, 1.165) is 30.8 Å². The minimum Gasteiger partial charge on any atom is -0.207 e. The van der Waals surface area contributed by atoms with Crippen molar-refractivity contribution in [1.29, 1.82) is 0 Å². The van der Waals surface area contributed by atoms with Crippen molar-refractivity contribution >= 4 is 48.6 Å². The second-order valence-electron chi connectivity index (χ2n) is 10.6. The van der Waals surface area contributed by atoms with E-state index in [4.69, 9.17) is 0 Å². The maximum absolute atomic E-state index is 16.2. The Morgan fingerprint density at radius 1 is 0.367 bits per heavy atom. The zero-order valence-electron chi connectivity index (χ0n) is 24.0. The van der Waals surface area contributed by atoms with Crippen LogP contribution in [0.1, 0.15) is 0 Å². The third-order valence-corrected chi connectivity index (χ3v) is 18.3. The van der Waals surface area contributed by atoms with Crippen molar-refractivity contribution in [2.24, 2.45) is 0 Å². The summed E-state index contributed by atoms with van der Waals surface area (Å²) in [6.07, 6.45) is 0. The summed E-state index contributed by atoms with van der Waals surface area (Å²) in [4.78, 5) is 0. The quantitative estimate of drug-likeness (QED) is 0.0566. The van der Waals surface area contributed by atoms with Crippen molar-refractivity contribution in [3.05, 3.63) is 148 Å². The summed E-state index contributed by atoms with van der Waals surface area (Å²) >= 11 is 0. The van der Waals surface area contributed by atoms with Crippen LogP contribution in [0.2, 0.25) is 6.55 Å². The van der Waals surface area contributed by atoms with E-state index in [1.165, 1.54) is 36.4 Å². The van der Waals surface area contributed by atoms with Crippen molar-refractivity contribution in [2.75, 3.05) is 0 Å². The topological polar surface area (TPSA) is 0 Å². The minimum absolute atomic E-state index is 0.0214. The number of hydrogen-bond acceptors (Lipinski definition) is 0. The van der Waals surface area contributed by atoms with E-state index in [1.807, 2.05) is 0 Å². The van der Waals surface area contributed by atoms with E-state index in [2.05, 4.69) is 0 Å². The molecule has 18 heteroatoms. The van der Waals surface area contributed by atoms with Crippen LogP contribution in [-0.2, 0) is 0 Å². The molecule has 0 saturated heterocycles. The van der Waals surface area contributed by atoms with Crippen molar-refractivity contribution in [2.45, 2.75) is 6.55 Å². The Labute approximate surface area is 268 Å². The van der Waals surface area contributed by atoms with Gasteiger partial charge in [0.05, 0.1) is 0 Å². The minimum atomic E-state index is -5.70. The lowest BCUT2D eigenvalue weighted by atomic mass is 9.33. The first-order valence-electron chi connectivity index (χ1n) is 13.6. The van der Waals surface area contributed by atoms with Crippen molar-refractivity contribution in [1.82, 2.24) is 0 Å². The van der Waals surface area contributed by atoms with Gasteiger partial charge in [-0.2, -0.15) is 0 Å². The molecule has 0 aliphatic carbocycles. The fraction of sp³-hybridized carbons (Fsp3) is 0.0323. The summed E-state index contributed by atoms with van der Waals surface area (Å²) in [5.74, 6) is -50.6. The highest BCUT2D eigenvalue weighted by Crippen LogP contribution is 2.50. The average Bonchev–Trinajstić information content (AvgIpc) is 3.10. The summed E-state index contributed by atoms with van der Waals surface area (Å²) in [6.45, 7) is 1.14. The maximum atomic E-state index is 16.2. The Balaban J connectivity index is 2.29. The second kappa shape index (κ2) is 13.2. The molecule has 0 heterocycles. The third kappa shape index (κ3) is 5.32. The first-order chi connectivity index (χ1) is 23.0. The number of hydrogen-bond donors (Lipinski definition) is 0. The van der Waals surface area contributed by atoms with Crippen molar-refractivity contribution < 1.29 is 65.9 Å².